The zero-order valence-corrected chi connectivity index (χ0v) is 14.7. The summed E-state index contributed by atoms with van der Waals surface area (Å²) in [6.07, 6.45) is 3.86. The molecule has 6 heteroatoms. The smallest absolute Gasteiger partial charge is 0.227 e. The zero-order valence-electron chi connectivity index (χ0n) is 14.7. The first-order valence-electron chi connectivity index (χ1n) is 8.46. The Kier molecular flexibility index (Phi) is 4.58. The number of hydrogen-bond acceptors (Lipinski definition) is 4. The minimum Gasteiger partial charge on any atom is -0.342 e. The fourth-order valence-electron chi connectivity index (χ4n) is 4.00. The number of carbonyl (C=O) groups is 2. The van der Waals surface area contributed by atoms with Gasteiger partial charge in [-0.3, -0.25) is 14.6 Å². The lowest BCUT2D eigenvalue weighted by Crippen LogP contribution is -2.63. The van der Waals surface area contributed by atoms with Crippen LogP contribution in [0.4, 0.5) is 0 Å². The third-order valence-corrected chi connectivity index (χ3v) is 5.29. The molecule has 1 atom stereocenters. The highest BCUT2D eigenvalue weighted by atomic mass is 16.2. The predicted molar refractivity (Wildman–Crippen MR) is 91.3 cm³/mol. The number of pyridine rings is 1. The molecule has 0 bridgehead atoms. The summed E-state index contributed by atoms with van der Waals surface area (Å²) in [5.74, 6) is 0.716. The Morgan fingerprint density at radius 3 is 2.58 bits per heavy atom. The van der Waals surface area contributed by atoms with Gasteiger partial charge in [0.25, 0.3) is 0 Å². The Bertz CT molecular complexity index is 611. The van der Waals surface area contributed by atoms with Gasteiger partial charge in [0.15, 0.2) is 0 Å². The molecular weight excluding hydrogens is 304 g/mol. The quantitative estimate of drug-likeness (QED) is 0.806. The molecule has 1 spiro atoms. The molecule has 2 amide bonds. The first kappa shape index (κ1) is 16.9. The highest BCUT2D eigenvalue weighted by Crippen LogP contribution is 2.44. The topological polar surface area (TPSA) is 56.8 Å². The van der Waals surface area contributed by atoms with E-state index in [0.717, 1.165) is 38.3 Å². The Labute approximate surface area is 143 Å². The first-order valence-corrected chi connectivity index (χ1v) is 8.46. The summed E-state index contributed by atoms with van der Waals surface area (Å²) >= 11 is 0. The van der Waals surface area contributed by atoms with Crippen LogP contribution >= 0.6 is 0 Å². The Morgan fingerprint density at radius 2 is 2.00 bits per heavy atom. The molecule has 24 heavy (non-hydrogen) atoms. The van der Waals surface area contributed by atoms with Crippen molar-refractivity contribution in [2.24, 2.45) is 11.3 Å². The van der Waals surface area contributed by atoms with Gasteiger partial charge in [-0.1, -0.05) is 6.07 Å². The molecule has 0 aromatic carbocycles. The number of likely N-dealkylation sites (tertiary alicyclic amines) is 2. The molecule has 2 fully saturated rings. The highest BCUT2D eigenvalue weighted by Gasteiger charge is 2.55. The second-order valence-electron chi connectivity index (χ2n) is 7.51. The third-order valence-electron chi connectivity index (χ3n) is 5.29. The van der Waals surface area contributed by atoms with Gasteiger partial charge in [-0.25, -0.2) is 0 Å². The van der Waals surface area contributed by atoms with Gasteiger partial charge in [0, 0.05) is 57.5 Å². The van der Waals surface area contributed by atoms with E-state index in [1.54, 1.807) is 19.3 Å². The minimum atomic E-state index is 0.0700. The van der Waals surface area contributed by atoms with Crippen LogP contribution in [0.3, 0.4) is 0 Å². The van der Waals surface area contributed by atoms with Gasteiger partial charge in [-0.05, 0) is 31.6 Å². The molecule has 0 N–H and O–H groups in total. The SMILES string of the molecule is CC(=O)N1CC(CN(C)C)C2(C1)CN(C(=O)Cc1cccnc1)C2. The van der Waals surface area contributed by atoms with E-state index in [2.05, 4.69) is 24.0 Å². The van der Waals surface area contributed by atoms with Gasteiger partial charge in [-0.2, -0.15) is 0 Å². The summed E-state index contributed by atoms with van der Waals surface area (Å²) in [6, 6.07) is 3.79. The Balaban J connectivity index is 1.63. The van der Waals surface area contributed by atoms with Crippen LogP contribution in [0.15, 0.2) is 24.5 Å². The Hall–Kier alpha value is -1.95. The van der Waals surface area contributed by atoms with Crippen LogP contribution in [0.2, 0.25) is 0 Å². The van der Waals surface area contributed by atoms with Crippen molar-refractivity contribution in [1.29, 1.82) is 0 Å². The van der Waals surface area contributed by atoms with E-state index in [1.165, 1.54) is 0 Å². The molecule has 3 rings (SSSR count). The molecule has 1 aromatic heterocycles. The molecule has 2 aliphatic heterocycles. The van der Waals surface area contributed by atoms with E-state index >= 15 is 0 Å². The molecule has 1 aromatic rings. The maximum atomic E-state index is 12.5. The second-order valence-corrected chi connectivity index (χ2v) is 7.51. The van der Waals surface area contributed by atoms with Crippen LogP contribution in [0.5, 0.6) is 0 Å². The second kappa shape index (κ2) is 6.51. The normalized spacial score (nSPS) is 22.1. The third kappa shape index (κ3) is 3.29. The van der Waals surface area contributed by atoms with Crippen molar-refractivity contribution >= 4 is 11.8 Å². The van der Waals surface area contributed by atoms with Gasteiger partial charge in [0.2, 0.25) is 11.8 Å². The van der Waals surface area contributed by atoms with Gasteiger partial charge in [-0.15, -0.1) is 0 Å². The van der Waals surface area contributed by atoms with Crippen molar-refractivity contribution in [3.05, 3.63) is 30.1 Å². The molecule has 0 radical (unpaired) electrons. The molecule has 2 aliphatic rings. The van der Waals surface area contributed by atoms with Gasteiger partial charge in [0.05, 0.1) is 6.42 Å². The molecule has 0 saturated carbocycles. The number of nitrogens with zero attached hydrogens (tertiary/aromatic N) is 4. The lowest BCUT2D eigenvalue weighted by Gasteiger charge is -2.51. The molecule has 0 aliphatic carbocycles. The summed E-state index contributed by atoms with van der Waals surface area (Å²) in [7, 11) is 4.13. The van der Waals surface area contributed by atoms with E-state index in [9.17, 15) is 9.59 Å². The molecule has 1 unspecified atom stereocenters. The monoisotopic (exact) mass is 330 g/mol. The predicted octanol–water partition coefficient (Wildman–Crippen LogP) is 0.493. The molecule has 2 saturated heterocycles. The number of carbonyl (C=O) groups excluding carboxylic acids is 2. The molecule has 130 valence electrons. The molecular formula is C18H26N4O2. The lowest BCUT2D eigenvalue weighted by atomic mass is 9.71. The fourth-order valence-corrected chi connectivity index (χ4v) is 4.00. The van der Waals surface area contributed by atoms with E-state index in [1.807, 2.05) is 21.9 Å². The number of rotatable bonds is 4. The molecule has 6 nitrogen and oxygen atoms in total. The van der Waals surface area contributed by atoms with Crippen molar-refractivity contribution < 1.29 is 9.59 Å². The van der Waals surface area contributed by atoms with Gasteiger partial charge >= 0.3 is 0 Å². The van der Waals surface area contributed by atoms with Gasteiger partial charge in [0.1, 0.15) is 0 Å². The van der Waals surface area contributed by atoms with Crippen LogP contribution in [-0.2, 0) is 16.0 Å². The summed E-state index contributed by atoms with van der Waals surface area (Å²) < 4.78 is 0. The maximum absolute atomic E-state index is 12.5. The summed E-state index contributed by atoms with van der Waals surface area (Å²) in [5, 5.41) is 0. The van der Waals surface area contributed by atoms with E-state index < -0.39 is 0 Å². The minimum absolute atomic E-state index is 0.0700. The highest BCUT2D eigenvalue weighted by molar-refractivity contribution is 5.80. The average molecular weight is 330 g/mol. The van der Waals surface area contributed by atoms with Crippen molar-refractivity contribution in [1.82, 2.24) is 19.7 Å². The van der Waals surface area contributed by atoms with Crippen LogP contribution in [0.1, 0.15) is 12.5 Å². The average Bonchev–Trinajstić information content (AvgIpc) is 2.85. The van der Waals surface area contributed by atoms with Crippen molar-refractivity contribution in [2.75, 3.05) is 46.8 Å². The zero-order chi connectivity index (χ0) is 17.3. The summed E-state index contributed by atoms with van der Waals surface area (Å²) in [5.41, 5.74) is 1.02. The van der Waals surface area contributed by atoms with Crippen molar-refractivity contribution in [3.8, 4) is 0 Å². The standard InChI is InChI=1S/C18H26N4O2/c1-14(23)21-10-16(9-20(2)3)18(11-21)12-22(13-18)17(24)7-15-5-4-6-19-8-15/h4-6,8,16H,7,9-13H2,1-3H3. The first-order chi connectivity index (χ1) is 11.4. The number of amides is 2. The summed E-state index contributed by atoms with van der Waals surface area (Å²) in [6.45, 7) is 5.68. The van der Waals surface area contributed by atoms with Crippen LogP contribution in [-0.4, -0.2) is 78.3 Å². The van der Waals surface area contributed by atoms with Crippen LogP contribution < -0.4 is 0 Å². The van der Waals surface area contributed by atoms with E-state index in [-0.39, 0.29) is 17.2 Å². The largest absolute Gasteiger partial charge is 0.342 e. The lowest BCUT2D eigenvalue weighted by molar-refractivity contribution is -0.145. The maximum Gasteiger partial charge on any atom is 0.227 e. The van der Waals surface area contributed by atoms with Crippen LogP contribution in [0, 0.1) is 11.3 Å². The summed E-state index contributed by atoms with van der Waals surface area (Å²) in [4.78, 5) is 34.4. The molecule has 3 heterocycles. The van der Waals surface area contributed by atoms with E-state index in [0.29, 0.717) is 12.3 Å². The number of aromatic nitrogens is 1. The van der Waals surface area contributed by atoms with Crippen LogP contribution in [0.25, 0.3) is 0 Å². The van der Waals surface area contributed by atoms with Crippen molar-refractivity contribution in [3.63, 3.8) is 0 Å². The van der Waals surface area contributed by atoms with E-state index in [4.69, 9.17) is 0 Å². The van der Waals surface area contributed by atoms with Gasteiger partial charge < -0.3 is 14.7 Å². The number of hydrogen-bond donors (Lipinski definition) is 0. The van der Waals surface area contributed by atoms with Crippen molar-refractivity contribution in [2.45, 2.75) is 13.3 Å². The fraction of sp³-hybridized carbons (Fsp3) is 0.611. The Morgan fingerprint density at radius 1 is 1.29 bits per heavy atom.